The van der Waals surface area contributed by atoms with E-state index in [0.29, 0.717) is 29.9 Å². The van der Waals surface area contributed by atoms with Crippen molar-refractivity contribution in [1.82, 2.24) is 9.97 Å². The minimum absolute atomic E-state index is 0.0547. The third-order valence-electron chi connectivity index (χ3n) is 2.64. The van der Waals surface area contributed by atoms with E-state index in [0.717, 1.165) is 6.07 Å². The van der Waals surface area contributed by atoms with Crippen molar-refractivity contribution in [1.29, 1.82) is 0 Å². The summed E-state index contributed by atoms with van der Waals surface area (Å²) in [5, 5.41) is 0.422. The van der Waals surface area contributed by atoms with Gasteiger partial charge in [0.1, 0.15) is 5.82 Å². The maximum absolute atomic E-state index is 12.9. The quantitative estimate of drug-likeness (QED) is 0.896. The first kappa shape index (κ1) is 12.8. The van der Waals surface area contributed by atoms with Crippen LogP contribution < -0.4 is 5.73 Å². The Labute approximate surface area is 102 Å². The summed E-state index contributed by atoms with van der Waals surface area (Å²) in [6.45, 7) is 1.98. The smallest absolute Gasteiger partial charge is 0.330 e. The fraction of sp³-hybridized carbons (Fsp3) is 0.333. The lowest BCUT2D eigenvalue weighted by molar-refractivity contribution is -0.136. The second-order valence-electron chi connectivity index (χ2n) is 3.96. The highest BCUT2D eigenvalue weighted by Gasteiger charge is 2.33. The maximum Gasteiger partial charge on any atom is 0.418 e. The summed E-state index contributed by atoms with van der Waals surface area (Å²) in [5.74, 6) is 0.346. The molecule has 0 atom stereocenters. The molecule has 96 valence electrons. The molecule has 0 amide bonds. The Morgan fingerprint density at radius 3 is 2.56 bits per heavy atom. The number of nitrogens with zero attached hydrogens (tertiary/aromatic N) is 2. The Kier molecular flexibility index (Phi) is 3.21. The number of hydrogen-bond acceptors (Lipinski definition) is 3. The van der Waals surface area contributed by atoms with Gasteiger partial charge >= 0.3 is 6.18 Å². The summed E-state index contributed by atoms with van der Waals surface area (Å²) in [6, 6.07) is 3.98. The topological polar surface area (TPSA) is 51.8 Å². The van der Waals surface area contributed by atoms with Gasteiger partial charge in [-0.3, -0.25) is 0 Å². The van der Waals surface area contributed by atoms with Crippen LogP contribution in [0.1, 0.15) is 17.1 Å². The summed E-state index contributed by atoms with van der Waals surface area (Å²) in [7, 11) is 0. The zero-order chi connectivity index (χ0) is 13.3. The Morgan fingerprint density at radius 1 is 1.22 bits per heavy atom. The van der Waals surface area contributed by atoms with Crippen molar-refractivity contribution in [3.63, 3.8) is 0 Å². The summed E-state index contributed by atoms with van der Waals surface area (Å²) in [4.78, 5) is 8.14. The van der Waals surface area contributed by atoms with E-state index >= 15 is 0 Å². The van der Waals surface area contributed by atoms with Crippen LogP contribution in [0.3, 0.4) is 0 Å². The molecule has 0 aliphatic carbocycles. The van der Waals surface area contributed by atoms with Gasteiger partial charge in [-0.1, -0.05) is 12.1 Å². The zero-order valence-electron chi connectivity index (χ0n) is 9.75. The van der Waals surface area contributed by atoms with Crippen LogP contribution in [0.5, 0.6) is 0 Å². The predicted molar refractivity (Wildman–Crippen MR) is 62.0 cm³/mol. The molecule has 18 heavy (non-hydrogen) atoms. The zero-order valence-corrected chi connectivity index (χ0v) is 9.75. The van der Waals surface area contributed by atoms with E-state index in [4.69, 9.17) is 5.73 Å². The first-order valence-electron chi connectivity index (χ1n) is 5.47. The molecule has 2 aromatic rings. The highest BCUT2D eigenvalue weighted by molar-refractivity contribution is 5.84. The fourth-order valence-electron chi connectivity index (χ4n) is 1.83. The molecule has 3 nitrogen and oxygen atoms in total. The number of fused-ring (bicyclic) bond motifs is 1. The van der Waals surface area contributed by atoms with Crippen molar-refractivity contribution < 1.29 is 13.2 Å². The van der Waals surface area contributed by atoms with Gasteiger partial charge in [0, 0.05) is 17.5 Å². The minimum atomic E-state index is -4.42. The van der Waals surface area contributed by atoms with Crippen molar-refractivity contribution in [2.75, 3.05) is 6.54 Å². The van der Waals surface area contributed by atoms with Gasteiger partial charge in [0.15, 0.2) is 0 Å². The third kappa shape index (κ3) is 2.28. The second kappa shape index (κ2) is 4.53. The Bertz CT molecular complexity index is 579. The van der Waals surface area contributed by atoms with Crippen molar-refractivity contribution in [2.24, 2.45) is 5.73 Å². The van der Waals surface area contributed by atoms with E-state index in [1.54, 1.807) is 13.0 Å². The first-order valence-corrected chi connectivity index (χ1v) is 5.47. The number of para-hydroxylation sites is 1. The van der Waals surface area contributed by atoms with Gasteiger partial charge < -0.3 is 5.73 Å². The number of hydrogen-bond donors (Lipinski definition) is 1. The monoisotopic (exact) mass is 255 g/mol. The van der Waals surface area contributed by atoms with Crippen LogP contribution in [0.15, 0.2) is 18.2 Å². The Hall–Kier alpha value is -1.69. The normalized spacial score (nSPS) is 12.1. The van der Waals surface area contributed by atoms with E-state index in [1.807, 2.05) is 0 Å². The molecular formula is C12H12F3N3. The highest BCUT2D eigenvalue weighted by Crippen LogP contribution is 2.34. The van der Waals surface area contributed by atoms with Gasteiger partial charge in [-0.15, -0.1) is 0 Å². The summed E-state index contributed by atoms with van der Waals surface area (Å²) < 4.78 is 38.6. The van der Waals surface area contributed by atoms with E-state index in [9.17, 15) is 13.2 Å². The van der Waals surface area contributed by atoms with Gasteiger partial charge in [-0.05, 0) is 19.5 Å². The van der Waals surface area contributed by atoms with E-state index < -0.39 is 11.7 Å². The van der Waals surface area contributed by atoms with Crippen molar-refractivity contribution in [3.05, 3.63) is 35.3 Å². The number of benzene rings is 1. The molecule has 0 aliphatic rings. The van der Waals surface area contributed by atoms with Crippen LogP contribution in [0.2, 0.25) is 0 Å². The van der Waals surface area contributed by atoms with Crippen LogP contribution in [0.25, 0.3) is 10.9 Å². The van der Waals surface area contributed by atoms with Crippen LogP contribution in [0.4, 0.5) is 13.2 Å². The number of alkyl halides is 3. The highest BCUT2D eigenvalue weighted by atomic mass is 19.4. The Balaban J connectivity index is 2.74. The lowest BCUT2D eigenvalue weighted by Crippen LogP contribution is -2.11. The number of aryl methyl sites for hydroxylation is 1. The fourth-order valence-corrected chi connectivity index (χ4v) is 1.83. The molecule has 0 saturated carbocycles. The summed E-state index contributed by atoms with van der Waals surface area (Å²) in [5.41, 5.74) is 5.13. The van der Waals surface area contributed by atoms with Gasteiger partial charge in [0.25, 0.3) is 0 Å². The molecule has 1 aromatic carbocycles. The maximum atomic E-state index is 12.9. The van der Waals surface area contributed by atoms with Crippen molar-refractivity contribution in [2.45, 2.75) is 19.5 Å². The molecule has 2 N–H and O–H groups in total. The second-order valence-corrected chi connectivity index (χ2v) is 3.96. The average Bonchev–Trinajstić information content (AvgIpc) is 2.27. The Morgan fingerprint density at radius 2 is 1.94 bits per heavy atom. The van der Waals surface area contributed by atoms with E-state index in [2.05, 4.69) is 9.97 Å². The standard InChI is InChI=1S/C12H12F3N3/c1-7-8-3-2-4-9(12(13,14)15)11(8)18-10(17-7)5-6-16/h2-4H,5-6,16H2,1H3. The number of aromatic nitrogens is 2. The lowest BCUT2D eigenvalue weighted by Gasteiger charge is -2.11. The average molecular weight is 255 g/mol. The van der Waals surface area contributed by atoms with Crippen LogP contribution in [-0.2, 0) is 12.6 Å². The van der Waals surface area contributed by atoms with Gasteiger partial charge in [0.05, 0.1) is 11.1 Å². The molecule has 0 fully saturated rings. The van der Waals surface area contributed by atoms with Gasteiger partial charge in [0.2, 0.25) is 0 Å². The number of halogens is 3. The van der Waals surface area contributed by atoms with Gasteiger partial charge in [-0.25, -0.2) is 9.97 Å². The van der Waals surface area contributed by atoms with Crippen molar-refractivity contribution in [3.8, 4) is 0 Å². The van der Waals surface area contributed by atoms with Gasteiger partial charge in [-0.2, -0.15) is 13.2 Å². The van der Waals surface area contributed by atoms with Crippen molar-refractivity contribution >= 4 is 10.9 Å². The molecule has 0 radical (unpaired) electrons. The molecule has 1 aromatic heterocycles. The lowest BCUT2D eigenvalue weighted by atomic mass is 10.1. The molecular weight excluding hydrogens is 243 g/mol. The third-order valence-corrected chi connectivity index (χ3v) is 2.64. The molecule has 0 bridgehead atoms. The summed E-state index contributed by atoms with van der Waals surface area (Å²) >= 11 is 0. The van der Waals surface area contributed by atoms with Crippen LogP contribution in [0, 0.1) is 6.92 Å². The molecule has 2 rings (SSSR count). The van der Waals surface area contributed by atoms with Crippen LogP contribution >= 0.6 is 0 Å². The minimum Gasteiger partial charge on any atom is -0.330 e. The molecule has 0 spiro atoms. The van der Waals surface area contributed by atoms with Crippen LogP contribution in [-0.4, -0.2) is 16.5 Å². The largest absolute Gasteiger partial charge is 0.418 e. The molecule has 0 saturated heterocycles. The molecule has 1 heterocycles. The van der Waals surface area contributed by atoms with E-state index in [-0.39, 0.29) is 5.52 Å². The SMILES string of the molecule is Cc1nc(CCN)nc2c(C(F)(F)F)cccc12. The number of nitrogens with two attached hydrogens (primary N) is 1. The predicted octanol–water partition coefficient (Wildman–Crippen LogP) is 2.46. The molecule has 6 heteroatoms. The molecule has 0 aliphatic heterocycles. The first-order chi connectivity index (χ1) is 8.43. The molecule has 0 unspecified atom stereocenters. The van der Waals surface area contributed by atoms with E-state index in [1.165, 1.54) is 6.07 Å². The summed E-state index contributed by atoms with van der Waals surface area (Å²) in [6.07, 6.45) is -4.05. The number of rotatable bonds is 2.